The van der Waals surface area contributed by atoms with Gasteiger partial charge in [-0.05, 0) is 27.7 Å². The number of hydrogen-bond donors (Lipinski definition) is 0. The molecule has 0 aromatic carbocycles. The molecule has 2 aromatic rings. The predicted molar refractivity (Wildman–Crippen MR) is 56.9 cm³/mol. The van der Waals surface area contributed by atoms with Crippen molar-refractivity contribution in [3.8, 4) is 0 Å². The number of fused-ring (bicyclic) bond motifs is 1. The largest absolute Gasteiger partial charge is 0.233 e. The quantitative estimate of drug-likeness (QED) is 0.625. The molecule has 0 bridgehead atoms. The maximum absolute atomic E-state index is 6.18. The summed E-state index contributed by atoms with van der Waals surface area (Å²) in [6, 6.07) is 0. The fraction of sp³-hybridized carbons (Fsp3) is 0.400. The molecule has 4 heteroatoms. The van der Waals surface area contributed by atoms with E-state index in [-0.39, 0.29) is 0 Å². The molecule has 0 aliphatic heterocycles. The molecule has 0 aliphatic carbocycles. The Kier molecular flexibility index (Phi) is 2.00. The fourth-order valence-electron chi connectivity index (χ4n) is 1.41. The first-order valence-corrected chi connectivity index (χ1v) is 4.88. The van der Waals surface area contributed by atoms with Crippen LogP contribution in [0.5, 0.6) is 0 Å². The maximum atomic E-state index is 6.18. The van der Waals surface area contributed by atoms with E-state index in [1.54, 1.807) is 4.52 Å². The Morgan fingerprint density at radius 1 is 1.00 bits per heavy atom. The molecule has 2 rings (SSSR count). The van der Waals surface area contributed by atoms with Crippen molar-refractivity contribution < 1.29 is 0 Å². The van der Waals surface area contributed by atoms with E-state index in [4.69, 9.17) is 11.6 Å². The Labute approximate surface area is 87.7 Å². The van der Waals surface area contributed by atoms with Crippen LogP contribution in [-0.4, -0.2) is 14.6 Å². The van der Waals surface area contributed by atoms with Gasteiger partial charge in [0.05, 0.1) is 5.69 Å². The summed E-state index contributed by atoms with van der Waals surface area (Å²) >= 11 is 6.18. The molecule has 74 valence electrons. The molecule has 0 N–H and O–H groups in total. The van der Waals surface area contributed by atoms with Gasteiger partial charge in [0, 0.05) is 16.8 Å². The maximum Gasteiger partial charge on any atom is 0.160 e. The second kappa shape index (κ2) is 2.95. The van der Waals surface area contributed by atoms with Gasteiger partial charge < -0.3 is 0 Å². The normalized spacial score (nSPS) is 11.2. The summed E-state index contributed by atoms with van der Waals surface area (Å²) in [5.74, 6) is 0. The van der Waals surface area contributed by atoms with E-state index in [1.807, 2.05) is 27.7 Å². The Morgan fingerprint density at radius 3 is 2.29 bits per heavy atom. The van der Waals surface area contributed by atoms with Crippen molar-refractivity contribution in [3.05, 3.63) is 27.7 Å². The average molecular weight is 210 g/mol. The molecule has 0 atom stereocenters. The zero-order valence-electron chi connectivity index (χ0n) is 8.72. The Hall–Kier alpha value is -1.09. The van der Waals surface area contributed by atoms with E-state index in [1.165, 1.54) is 0 Å². The molecule has 0 saturated heterocycles. The third-order valence-electron chi connectivity index (χ3n) is 2.64. The minimum atomic E-state index is 0.656. The van der Waals surface area contributed by atoms with Crippen molar-refractivity contribution in [2.24, 2.45) is 0 Å². The van der Waals surface area contributed by atoms with Gasteiger partial charge in [-0.2, -0.15) is 5.10 Å². The van der Waals surface area contributed by atoms with Crippen LogP contribution in [0.3, 0.4) is 0 Å². The zero-order chi connectivity index (χ0) is 10.5. The Balaban J connectivity index is 2.98. The number of hydrogen-bond acceptors (Lipinski definition) is 2. The van der Waals surface area contributed by atoms with Crippen LogP contribution < -0.4 is 0 Å². The molecular formula is C10H12ClN3. The van der Waals surface area contributed by atoms with Crippen LogP contribution in [0.4, 0.5) is 0 Å². The SMILES string of the molecule is Cc1nc2c(C)c(C)nn2c(Cl)c1C. The lowest BCUT2D eigenvalue weighted by Gasteiger charge is -2.04. The van der Waals surface area contributed by atoms with Gasteiger partial charge in [0.2, 0.25) is 0 Å². The van der Waals surface area contributed by atoms with Crippen molar-refractivity contribution in [3.63, 3.8) is 0 Å². The van der Waals surface area contributed by atoms with Gasteiger partial charge in [-0.1, -0.05) is 11.6 Å². The molecule has 2 heterocycles. The van der Waals surface area contributed by atoms with Crippen molar-refractivity contribution in [2.75, 3.05) is 0 Å². The molecule has 0 radical (unpaired) electrons. The molecule has 0 amide bonds. The zero-order valence-corrected chi connectivity index (χ0v) is 9.48. The van der Waals surface area contributed by atoms with Crippen LogP contribution in [0.15, 0.2) is 0 Å². The first-order chi connectivity index (χ1) is 6.52. The standard InChI is InChI=1S/C10H12ClN3/c1-5-7(3)12-10-6(2)8(4)13-14(10)9(5)11/h1-4H3. The van der Waals surface area contributed by atoms with E-state index >= 15 is 0 Å². The lowest BCUT2D eigenvalue weighted by molar-refractivity contribution is 0.898. The summed E-state index contributed by atoms with van der Waals surface area (Å²) in [6.07, 6.45) is 0. The average Bonchev–Trinajstić information content (AvgIpc) is 2.42. The van der Waals surface area contributed by atoms with Crippen molar-refractivity contribution in [2.45, 2.75) is 27.7 Å². The third kappa shape index (κ3) is 1.12. The second-order valence-electron chi connectivity index (χ2n) is 3.56. The van der Waals surface area contributed by atoms with Crippen molar-refractivity contribution in [1.82, 2.24) is 14.6 Å². The van der Waals surface area contributed by atoms with Gasteiger partial charge in [0.1, 0.15) is 5.15 Å². The van der Waals surface area contributed by atoms with Gasteiger partial charge in [-0.3, -0.25) is 0 Å². The topological polar surface area (TPSA) is 30.2 Å². The molecule has 3 nitrogen and oxygen atoms in total. The van der Waals surface area contributed by atoms with Gasteiger partial charge in [0.25, 0.3) is 0 Å². The number of aromatic nitrogens is 3. The molecule has 0 saturated carbocycles. The summed E-state index contributed by atoms with van der Waals surface area (Å²) < 4.78 is 1.70. The highest BCUT2D eigenvalue weighted by Gasteiger charge is 2.12. The molecule has 0 spiro atoms. The van der Waals surface area contributed by atoms with Gasteiger partial charge in [-0.25, -0.2) is 9.50 Å². The minimum absolute atomic E-state index is 0.656. The number of rotatable bonds is 0. The predicted octanol–water partition coefficient (Wildman–Crippen LogP) is 2.62. The van der Waals surface area contributed by atoms with Gasteiger partial charge in [0.15, 0.2) is 5.65 Å². The summed E-state index contributed by atoms with van der Waals surface area (Å²) in [5, 5.41) is 4.99. The molecule has 0 unspecified atom stereocenters. The van der Waals surface area contributed by atoms with Crippen LogP contribution in [0.1, 0.15) is 22.5 Å². The van der Waals surface area contributed by atoms with E-state index < -0.39 is 0 Å². The fourth-order valence-corrected chi connectivity index (χ4v) is 1.67. The lowest BCUT2D eigenvalue weighted by Crippen LogP contribution is -1.98. The summed E-state index contributed by atoms with van der Waals surface area (Å²) in [7, 11) is 0. The van der Waals surface area contributed by atoms with Crippen molar-refractivity contribution in [1.29, 1.82) is 0 Å². The van der Waals surface area contributed by atoms with Crippen LogP contribution in [0.25, 0.3) is 5.65 Å². The molecule has 0 aliphatic rings. The third-order valence-corrected chi connectivity index (χ3v) is 3.08. The minimum Gasteiger partial charge on any atom is -0.233 e. The van der Waals surface area contributed by atoms with Crippen LogP contribution in [0.2, 0.25) is 5.15 Å². The monoisotopic (exact) mass is 209 g/mol. The molecule has 0 fully saturated rings. The molecular weight excluding hydrogens is 198 g/mol. The van der Waals surface area contributed by atoms with E-state index in [9.17, 15) is 0 Å². The highest BCUT2D eigenvalue weighted by atomic mass is 35.5. The van der Waals surface area contributed by atoms with E-state index in [0.717, 1.165) is 28.2 Å². The molecule has 2 aromatic heterocycles. The van der Waals surface area contributed by atoms with Crippen LogP contribution in [-0.2, 0) is 0 Å². The Bertz CT molecular complexity index is 514. The molecule has 14 heavy (non-hydrogen) atoms. The summed E-state index contributed by atoms with van der Waals surface area (Å²) in [6.45, 7) is 7.89. The smallest absolute Gasteiger partial charge is 0.160 e. The van der Waals surface area contributed by atoms with E-state index in [0.29, 0.717) is 5.15 Å². The van der Waals surface area contributed by atoms with Crippen molar-refractivity contribution >= 4 is 17.2 Å². The summed E-state index contributed by atoms with van der Waals surface area (Å²) in [5.41, 5.74) is 4.88. The van der Waals surface area contributed by atoms with Gasteiger partial charge in [-0.15, -0.1) is 0 Å². The first-order valence-electron chi connectivity index (χ1n) is 4.51. The summed E-state index contributed by atoms with van der Waals surface area (Å²) in [4.78, 5) is 4.47. The van der Waals surface area contributed by atoms with Gasteiger partial charge >= 0.3 is 0 Å². The number of aryl methyl sites for hydroxylation is 3. The Morgan fingerprint density at radius 2 is 1.64 bits per heavy atom. The van der Waals surface area contributed by atoms with Crippen LogP contribution in [0, 0.1) is 27.7 Å². The van der Waals surface area contributed by atoms with Crippen LogP contribution >= 0.6 is 11.6 Å². The number of halogens is 1. The number of nitrogens with zero attached hydrogens (tertiary/aromatic N) is 3. The first kappa shape index (κ1) is 9.46. The highest BCUT2D eigenvalue weighted by Crippen LogP contribution is 2.21. The second-order valence-corrected chi connectivity index (χ2v) is 3.92. The van der Waals surface area contributed by atoms with E-state index in [2.05, 4.69) is 10.1 Å². The lowest BCUT2D eigenvalue weighted by atomic mass is 10.2. The highest BCUT2D eigenvalue weighted by molar-refractivity contribution is 6.30.